The van der Waals surface area contributed by atoms with Crippen LogP contribution in [0.3, 0.4) is 0 Å². The number of nitrogens with zero attached hydrogens (tertiary/aromatic N) is 2. The van der Waals surface area contributed by atoms with Gasteiger partial charge in [-0.25, -0.2) is 13.1 Å². The van der Waals surface area contributed by atoms with Gasteiger partial charge >= 0.3 is 0 Å². The number of likely N-dealkylation sites (N-methyl/N-ethyl adjacent to an activating group) is 1. The summed E-state index contributed by atoms with van der Waals surface area (Å²) in [6.07, 6.45) is 4.24. The predicted octanol–water partition coefficient (Wildman–Crippen LogP) is 0.772. The summed E-state index contributed by atoms with van der Waals surface area (Å²) < 4.78 is 25.6. The summed E-state index contributed by atoms with van der Waals surface area (Å²) in [5.74, 6) is -0.00720. The van der Waals surface area contributed by atoms with E-state index in [2.05, 4.69) is 16.7 Å². The summed E-state index contributed by atoms with van der Waals surface area (Å²) in [5.41, 5.74) is 0.792. The molecule has 0 bridgehead atoms. The molecule has 0 atom stereocenters. The lowest BCUT2D eigenvalue weighted by molar-refractivity contribution is -0.125. The number of rotatable bonds is 4. The van der Waals surface area contributed by atoms with Crippen molar-refractivity contribution < 1.29 is 13.2 Å². The van der Waals surface area contributed by atoms with Crippen LogP contribution in [-0.4, -0.2) is 64.4 Å². The Labute approximate surface area is 137 Å². The highest BCUT2D eigenvalue weighted by atomic mass is 32.2. The predicted molar refractivity (Wildman–Crippen MR) is 90.4 cm³/mol. The van der Waals surface area contributed by atoms with Crippen molar-refractivity contribution in [3.05, 3.63) is 35.9 Å². The van der Waals surface area contributed by atoms with Crippen LogP contribution in [0.25, 0.3) is 6.08 Å². The van der Waals surface area contributed by atoms with Crippen molar-refractivity contribution in [2.24, 2.45) is 0 Å². The summed E-state index contributed by atoms with van der Waals surface area (Å²) in [4.78, 5) is 16.5. The molecule has 0 unspecified atom stereocenters. The Balaban J connectivity index is 2.01. The first-order chi connectivity index (χ1) is 10.9. The lowest BCUT2D eigenvalue weighted by Gasteiger charge is -2.18. The standard InChI is InChI=1S/C16H23N3O3S/c1-17-23(21,22)15-7-4-14(5-8-15)6-9-16(20)19-11-3-10-18(2)12-13-19/h4-9,17H,3,10-13H2,1-2H3/b9-6+. The van der Waals surface area contributed by atoms with Crippen LogP contribution in [0.2, 0.25) is 0 Å². The molecule has 1 fully saturated rings. The van der Waals surface area contributed by atoms with Gasteiger partial charge in [-0.1, -0.05) is 12.1 Å². The van der Waals surface area contributed by atoms with Gasteiger partial charge in [-0.05, 0) is 50.8 Å². The van der Waals surface area contributed by atoms with E-state index in [9.17, 15) is 13.2 Å². The van der Waals surface area contributed by atoms with E-state index in [4.69, 9.17) is 0 Å². The summed E-state index contributed by atoms with van der Waals surface area (Å²) in [6, 6.07) is 6.42. The molecule has 23 heavy (non-hydrogen) atoms. The number of hydrogen-bond acceptors (Lipinski definition) is 4. The second-order valence-corrected chi connectivity index (χ2v) is 7.48. The minimum absolute atomic E-state index is 0.00720. The van der Waals surface area contributed by atoms with Crippen LogP contribution in [0.15, 0.2) is 35.2 Å². The van der Waals surface area contributed by atoms with E-state index >= 15 is 0 Å². The van der Waals surface area contributed by atoms with Crippen molar-refractivity contribution in [1.82, 2.24) is 14.5 Å². The number of nitrogens with one attached hydrogen (secondary N) is 1. The molecule has 1 aliphatic rings. The lowest BCUT2D eigenvalue weighted by Crippen LogP contribution is -2.33. The molecule has 1 aliphatic heterocycles. The second kappa shape index (κ2) is 7.72. The fourth-order valence-electron chi connectivity index (χ4n) is 2.42. The second-order valence-electron chi connectivity index (χ2n) is 5.59. The maximum Gasteiger partial charge on any atom is 0.246 e. The quantitative estimate of drug-likeness (QED) is 0.824. The third kappa shape index (κ3) is 4.89. The molecule has 0 aliphatic carbocycles. The molecule has 6 nitrogen and oxygen atoms in total. The average molecular weight is 337 g/mol. The largest absolute Gasteiger partial charge is 0.338 e. The average Bonchev–Trinajstić information content (AvgIpc) is 2.77. The molecule has 0 aromatic heterocycles. The highest BCUT2D eigenvalue weighted by Crippen LogP contribution is 2.11. The van der Waals surface area contributed by atoms with E-state index in [0.717, 1.165) is 38.2 Å². The van der Waals surface area contributed by atoms with Gasteiger partial charge in [-0.15, -0.1) is 0 Å². The first kappa shape index (κ1) is 17.7. The van der Waals surface area contributed by atoms with Crippen LogP contribution in [0.4, 0.5) is 0 Å². The Kier molecular flexibility index (Phi) is 5.92. The molecule has 1 N–H and O–H groups in total. The van der Waals surface area contributed by atoms with E-state index in [-0.39, 0.29) is 10.8 Å². The Hall–Kier alpha value is -1.70. The molecule has 2 rings (SSSR count). The normalized spacial score (nSPS) is 17.4. The first-order valence-corrected chi connectivity index (χ1v) is 9.10. The van der Waals surface area contributed by atoms with Crippen LogP contribution in [-0.2, 0) is 14.8 Å². The smallest absolute Gasteiger partial charge is 0.246 e. The Morgan fingerprint density at radius 3 is 2.48 bits per heavy atom. The van der Waals surface area contributed by atoms with E-state index in [1.807, 2.05) is 4.90 Å². The maximum absolute atomic E-state index is 12.2. The summed E-state index contributed by atoms with van der Waals surface area (Å²) in [5, 5.41) is 0. The molecular weight excluding hydrogens is 314 g/mol. The van der Waals surface area contributed by atoms with Crippen molar-refractivity contribution in [1.29, 1.82) is 0 Å². The first-order valence-electron chi connectivity index (χ1n) is 7.61. The summed E-state index contributed by atoms with van der Waals surface area (Å²) >= 11 is 0. The molecule has 1 aromatic carbocycles. The Morgan fingerprint density at radius 2 is 1.83 bits per heavy atom. The molecule has 1 aromatic rings. The number of carbonyl (C=O) groups is 1. The van der Waals surface area contributed by atoms with Crippen molar-refractivity contribution in [3.63, 3.8) is 0 Å². The minimum atomic E-state index is -3.43. The van der Waals surface area contributed by atoms with Gasteiger partial charge in [0.1, 0.15) is 0 Å². The molecule has 1 saturated heterocycles. The Morgan fingerprint density at radius 1 is 1.13 bits per heavy atom. The SMILES string of the molecule is CNS(=O)(=O)c1ccc(/C=C/C(=O)N2CCCN(C)CC2)cc1. The highest BCUT2D eigenvalue weighted by molar-refractivity contribution is 7.89. The topological polar surface area (TPSA) is 69.7 Å². The lowest BCUT2D eigenvalue weighted by atomic mass is 10.2. The maximum atomic E-state index is 12.2. The highest BCUT2D eigenvalue weighted by Gasteiger charge is 2.15. The Bertz CT molecular complexity index is 668. The fourth-order valence-corrected chi connectivity index (χ4v) is 3.15. The van der Waals surface area contributed by atoms with Crippen molar-refractivity contribution in [3.8, 4) is 0 Å². The van der Waals surface area contributed by atoms with Crippen LogP contribution in [0.1, 0.15) is 12.0 Å². The van der Waals surface area contributed by atoms with Crippen molar-refractivity contribution in [2.75, 3.05) is 40.3 Å². The molecule has 0 saturated carbocycles. The zero-order chi connectivity index (χ0) is 16.9. The van der Waals surface area contributed by atoms with Crippen LogP contribution in [0, 0.1) is 0 Å². The molecule has 0 spiro atoms. The molecular formula is C16H23N3O3S. The van der Waals surface area contributed by atoms with Gasteiger partial charge < -0.3 is 9.80 Å². The fraction of sp³-hybridized carbons (Fsp3) is 0.438. The van der Waals surface area contributed by atoms with E-state index < -0.39 is 10.0 Å². The van der Waals surface area contributed by atoms with Gasteiger partial charge in [0.05, 0.1) is 4.90 Å². The molecule has 7 heteroatoms. The molecule has 1 heterocycles. The van der Waals surface area contributed by atoms with Gasteiger partial charge in [0.15, 0.2) is 0 Å². The third-order valence-electron chi connectivity index (χ3n) is 3.91. The van der Waals surface area contributed by atoms with Crippen LogP contribution >= 0.6 is 0 Å². The van der Waals surface area contributed by atoms with Crippen molar-refractivity contribution >= 4 is 22.0 Å². The number of hydrogen-bond donors (Lipinski definition) is 1. The summed E-state index contributed by atoms with van der Waals surface area (Å²) in [7, 11) is 0.00898. The van der Waals surface area contributed by atoms with Crippen LogP contribution in [0.5, 0.6) is 0 Å². The third-order valence-corrected chi connectivity index (χ3v) is 5.34. The van der Waals surface area contributed by atoms with Gasteiger partial charge in [-0.2, -0.15) is 0 Å². The van der Waals surface area contributed by atoms with Gasteiger partial charge in [0.2, 0.25) is 15.9 Å². The number of carbonyl (C=O) groups excluding carboxylic acids is 1. The molecule has 126 valence electrons. The van der Waals surface area contributed by atoms with Gasteiger partial charge in [-0.3, -0.25) is 4.79 Å². The summed E-state index contributed by atoms with van der Waals surface area (Å²) in [6.45, 7) is 3.40. The van der Waals surface area contributed by atoms with E-state index in [1.165, 1.54) is 19.2 Å². The zero-order valence-corrected chi connectivity index (χ0v) is 14.3. The van der Waals surface area contributed by atoms with E-state index in [1.54, 1.807) is 24.3 Å². The van der Waals surface area contributed by atoms with Crippen molar-refractivity contribution in [2.45, 2.75) is 11.3 Å². The van der Waals surface area contributed by atoms with Gasteiger partial charge in [0.25, 0.3) is 0 Å². The van der Waals surface area contributed by atoms with E-state index in [0.29, 0.717) is 0 Å². The van der Waals surface area contributed by atoms with Gasteiger partial charge in [0, 0.05) is 25.7 Å². The monoisotopic (exact) mass is 337 g/mol. The number of benzene rings is 1. The van der Waals surface area contributed by atoms with Crippen LogP contribution < -0.4 is 4.72 Å². The zero-order valence-electron chi connectivity index (χ0n) is 13.5. The molecule has 1 amide bonds. The molecule has 0 radical (unpaired) electrons. The number of sulfonamides is 1. The minimum Gasteiger partial charge on any atom is -0.338 e. The number of amides is 1.